The lowest BCUT2D eigenvalue weighted by Crippen LogP contribution is -2.59. The highest BCUT2D eigenvalue weighted by Gasteiger charge is 2.39. The van der Waals surface area contributed by atoms with E-state index in [2.05, 4.69) is 26.6 Å². The molecule has 3 aromatic carbocycles. The van der Waals surface area contributed by atoms with Crippen LogP contribution in [0.2, 0.25) is 0 Å². The maximum Gasteiger partial charge on any atom is 0.408 e. The predicted molar refractivity (Wildman–Crippen MR) is 249 cm³/mol. The second-order valence-corrected chi connectivity index (χ2v) is 18.5. The summed E-state index contributed by atoms with van der Waals surface area (Å²) in [6, 6.07) is 16.0. The van der Waals surface area contributed by atoms with Gasteiger partial charge in [-0.1, -0.05) is 107 Å². The van der Waals surface area contributed by atoms with Gasteiger partial charge in [0.25, 0.3) is 0 Å². The lowest BCUT2D eigenvalue weighted by atomic mass is 9.96. The van der Waals surface area contributed by atoms with Crippen molar-refractivity contribution in [2.24, 2.45) is 17.6 Å². The van der Waals surface area contributed by atoms with Gasteiger partial charge in [-0.15, -0.1) is 0 Å². The van der Waals surface area contributed by atoms with Gasteiger partial charge in [-0.25, -0.2) is 9.59 Å². The van der Waals surface area contributed by atoms with E-state index in [1.54, 1.807) is 39.5 Å². The van der Waals surface area contributed by atoms with E-state index in [4.69, 9.17) is 15.2 Å². The van der Waals surface area contributed by atoms with Crippen molar-refractivity contribution in [1.82, 2.24) is 31.5 Å². The topological polar surface area (TPSA) is 248 Å². The average Bonchev–Trinajstić information content (AvgIpc) is 3.73. The molecule has 1 aliphatic heterocycles. The van der Waals surface area contributed by atoms with Crippen LogP contribution in [0.25, 0.3) is 10.8 Å². The normalized spacial score (nSPS) is 17.3. The van der Waals surface area contributed by atoms with Gasteiger partial charge in [0.15, 0.2) is 0 Å². The second-order valence-electron chi connectivity index (χ2n) is 18.5. The van der Waals surface area contributed by atoms with Crippen molar-refractivity contribution < 1.29 is 48.1 Å². The first-order valence-electron chi connectivity index (χ1n) is 22.7. The highest BCUT2D eigenvalue weighted by atomic mass is 16.6. The highest BCUT2D eigenvalue weighted by Crippen LogP contribution is 2.22. The number of nitrogens with one attached hydrogen (secondary N) is 5. The molecule has 1 saturated heterocycles. The summed E-state index contributed by atoms with van der Waals surface area (Å²) in [5.74, 6) is -4.58. The number of nitrogens with zero attached hydrogens (tertiary/aromatic N) is 1. The third kappa shape index (κ3) is 15.8. The number of hydrogen-bond donors (Lipinski definition) is 7. The number of amides is 6. The van der Waals surface area contributed by atoms with Gasteiger partial charge in [-0.3, -0.25) is 28.9 Å². The van der Waals surface area contributed by atoms with Crippen LogP contribution in [0.3, 0.4) is 0 Å². The van der Waals surface area contributed by atoms with Crippen molar-refractivity contribution in [2.45, 2.75) is 135 Å². The number of nitrogens with two attached hydrogens (primary N) is 1. The highest BCUT2D eigenvalue weighted by molar-refractivity contribution is 5.95. The number of esters is 1. The van der Waals surface area contributed by atoms with Crippen LogP contribution in [0.4, 0.5) is 4.79 Å². The van der Waals surface area contributed by atoms with Crippen molar-refractivity contribution in [2.75, 3.05) is 20.2 Å². The smallest absolute Gasteiger partial charge is 0.408 e. The zero-order valence-corrected chi connectivity index (χ0v) is 39.4. The van der Waals surface area contributed by atoms with E-state index in [-0.39, 0.29) is 31.2 Å². The van der Waals surface area contributed by atoms with Crippen LogP contribution in [-0.4, -0.2) is 120 Å². The maximum absolute atomic E-state index is 14.2. The molecule has 0 saturated carbocycles. The average molecular weight is 916 g/mol. The van der Waals surface area contributed by atoms with Gasteiger partial charge in [0.1, 0.15) is 29.8 Å². The van der Waals surface area contributed by atoms with Crippen LogP contribution in [-0.2, 0) is 51.1 Å². The lowest BCUT2D eigenvalue weighted by Gasteiger charge is -2.33. The summed E-state index contributed by atoms with van der Waals surface area (Å²) < 4.78 is 10.4. The zero-order chi connectivity index (χ0) is 48.7. The maximum atomic E-state index is 14.2. The number of ether oxygens (including phenoxy) is 2. The van der Waals surface area contributed by atoms with E-state index in [1.165, 1.54) is 7.11 Å². The third-order valence-corrected chi connectivity index (χ3v) is 11.7. The Morgan fingerprint density at radius 3 is 2.05 bits per heavy atom. The van der Waals surface area contributed by atoms with E-state index in [0.29, 0.717) is 31.4 Å². The minimum atomic E-state index is -1.51. The molecule has 8 atom stereocenters. The molecule has 0 aliphatic carbocycles. The van der Waals surface area contributed by atoms with Crippen LogP contribution in [0, 0.1) is 11.8 Å². The van der Waals surface area contributed by atoms with Crippen LogP contribution in [0.15, 0.2) is 72.8 Å². The van der Waals surface area contributed by atoms with Crippen molar-refractivity contribution >= 4 is 52.4 Å². The molecule has 0 aromatic heterocycles. The number of benzene rings is 3. The number of carbonyl (C=O) groups is 7. The number of aliphatic hydroxyl groups is 1. The molecule has 1 fully saturated rings. The van der Waals surface area contributed by atoms with Crippen molar-refractivity contribution in [3.63, 3.8) is 0 Å². The van der Waals surface area contributed by atoms with E-state index >= 15 is 0 Å². The lowest BCUT2D eigenvalue weighted by molar-refractivity contribution is -0.147. The second kappa shape index (κ2) is 24.5. The number of carbonyl (C=O) groups excluding carboxylic acids is 7. The summed E-state index contributed by atoms with van der Waals surface area (Å²) >= 11 is 0. The summed E-state index contributed by atoms with van der Waals surface area (Å²) in [7, 11) is 1.24. The third-order valence-electron chi connectivity index (χ3n) is 11.7. The number of alkyl carbamates (subject to hydrolysis) is 1. The first-order chi connectivity index (χ1) is 31.2. The Labute approximate surface area is 387 Å². The number of β-amino-alcohol motifs (C(OH)–C–C–N with tert-alkyl or cyclic N) is 1. The van der Waals surface area contributed by atoms with Crippen LogP contribution < -0.4 is 32.3 Å². The Balaban J connectivity index is 1.55. The molecule has 0 bridgehead atoms. The number of fused-ring (bicyclic) bond motifs is 1. The van der Waals surface area contributed by atoms with Gasteiger partial charge in [-0.05, 0) is 80.3 Å². The van der Waals surface area contributed by atoms with E-state index in [9.17, 15) is 38.7 Å². The summed E-state index contributed by atoms with van der Waals surface area (Å²) in [6.45, 7) is 12.7. The molecule has 6 amide bonds. The standard InChI is InChI=1S/C49H69N7O10/c1-9-30(4)42(46(62)54-41(29(2)3)47(63)65-8)55-45(61)38-20-15-23-56(38)28-39(57)35(25-31-16-11-10-12-17-31)51-44(60)37(27-40(50)58)52-43(59)36(53-48(64)66-49(5,6)7)26-32-21-22-33-18-13-14-19-34(33)24-32/h10-14,16-19,21-22,24,29-30,35-39,41-42,57H,9,15,20,23,25-28H2,1-8H3,(H2,50,58)(H,51,60)(H,52,59)(H,53,64)(H,54,62)(H,55,61)/t30?,35-,36-,37-,38-,39?,41-,42-/m0/s1. The molecule has 4 rings (SSSR count). The van der Waals surface area contributed by atoms with Crippen molar-refractivity contribution in [3.8, 4) is 0 Å². The van der Waals surface area contributed by atoms with Crippen LogP contribution in [0.1, 0.15) is 85.3 Å². The molecule has 8 N–H and O–H groups in total. The molecular formula is C49H69N7O10. The van der Waals surface area contributed by atoms with Crippen molar-refractivity contribution in [1.29, 1.82) is 0 Å². The Morgan fingerprint density at radius 2 is 1.42 bits per heavy atom. The van der Waals surface area contributed by atoms with Crippen LogP contribution in [0.5, 0.6) is 0 Å². The number of likely N-dealkylation sites (tertiary alicyclic amines) is 1. The fourth-order valence-corrected chi connectivity index (χ4v) is 7.91. The van der Waals surface area contributed by atoms with E-state index < -0.39 is 96.0 Å². The number of hydrogen-bond acceptors (Lipinski definition) is 11. The van der Waals surface area contributed by atoms with Crippen molar-refractivity contribution in [3.05, 3.63) is 83.9 Å². The molecule has 1 aliphatic rings. The number of aliphatic hydroxyl groups excluding tert-OH is 1. The van der Waals surface area contributed by atoms with E-state index in [0.717, 1.165) is 16.3 Å². The fraction of sp³-hybridized carbons (Fsp3) is 0.531. The summed E-state index contributed by atoms with van der Waals surface area (Å²) in [5, 5.41) is 27.6. The van der Waals surface area contributed by atoms with E-state index in [1.807, 2.05) is 86.6 Å². The minimum Gasteiger partial charge on any atom is -0.467 e. The van der Waals surface area contributed by atoms with Gasteiger partial charge in [-0.2, -0.15) is 0 Å². The van der Waals surface area contributed by atoms with Gasteiger partial charge < -0.3 is 46.9 Å². The number of primary amides is 1. The van der Waals surface area contributed by atoms with Gasteiger partial charge in [0.05, 0.1) is 31.7 Å². The number of rotatable bonds is 22. The zero-order valence-electron chi connectivity index (χ0n) is 39.4. The molecular weight excluding hydrogens is 847 g/mol. The molecule has 17 heteroatoms. The summed E-state index contributed by atoms with van der Waals surface area (Å²) in [5.41, 5.74) is 6.20. The fourth-order valence-electron chi connectivity index (χ4n) is 7.91. The van der Waals surface area contributed by atoms with Gasteiger partial charge in [0.2, 0.25) is 29.5 Å². The number of methoxy groups -OCH3 is 1. The largest absolute Gasteiger partial charge is 0.467 e. The molecule has 360 valence electrons. The molecule has 3 aromatic rings. The molecule has 66 heavy (non-hydrogen) atoms. The molecule has 0 spiro atoms. The molecule has 17 nitrogen and oxygen atoms in total. The molecule has 1 heterocycles. The van der Waals surface area contributed by atoms with Gasteiger partial charge in [0, 0.05) is 13.0 Å². The summed E-state index contributed by atoms with van der Waals surface area (Å²) in [4.78, 5) is 95.6. The first kappa shape index (κ1) is 52.6. The molecule has 2 unspecified atom stereocenters. The Morgan fingerprint density at radius 1 is 0.773 bits per heavy atom. The minimum absolute atomic E-state index is 0.00940. The van der Waals surface area contributed by atoms with Gasteiger partial charge >= 0.3 is 12.1 Å². The summed E-state index contributed by atoms with van der Waals surface area (Å²) in [6.07, 6.45) is -0.993. The molecule has 0 radical (unpaired) electrons. The predicted octanol–water partition coefficient (Wildman–Crippen LogP) is 3.03. The Kier molecular flexibility index (Phi) is 19.5. The quantitative estimate of drug-likeness (QED) is 0.0723. The monoisotopic (exact) mass is 916 g/mol. The van der Waals surface area contributed by atoms with Crippen LogP contribution >= 0.6 is 0 Å². The Bertz CT molecular complexity index is 2150. The first-order valence-corrected chi connectivity index (χ1v) is 22.7. The SMILES string of the molecule is CCC(C)[C@H](NC(=O)[C@@H]1CCCN1CC(O)[C@H](Cc1ccccc1)NC(=O)[C@H](CC(N)=O)NC(=O)[C@H](Cc1ccc2ccccc2c1)NC(=O)OC(C)(C)C)C(=O)N[C@H](C(=O)OC)C(C)C. The Hall–Kier alpha value is -6.07.